The molecule has 0 atom stereocenters. The van der Waals surface area contributed by atoms with Gasteiger partial charge >= 0.3 is 0 Å². The van der Waals surface area contributed by atoms with Gasteiger partial charge in [-0.25, -0.2) is 0 Å². The number of H-pyrrole nitrogens is 1. The topological polar surface area (TPSA) is 63.8 Å². The maximum Gasteiger partial charge on any atom is 0.188 e. The lowest BCUT2D eigenvalue weighted by Crippen LogP contribution is -1.97. The number of anilines is 1. The largest absolute Gasteiger partial charge is 0.385 e. The van der Waals surface area contributed by atoms with Crippen molar-refractivity contribution in [3.8, 4) is 0 Å². The summed E-state index contributed by atoms with van der Waals surface area (Å²) >= 11 is 0. The van der Waals surface area contributed by atoms with Crippen molar-refractivity contribution in [1.29, 1.82) is 0 Å². The SMILES string of the molecule is Cc1[nH]c(N)cc2c3c(=O)cccc3n(C)c12. The third kappa shape index (κ3) is 1.21. The number of nitrogens with one attached hydrogen (secondary N) is 1. The first kappa shape index (κ1) is 9.96. The molecule has 1 aromatic carbocycles. The summed E-state index contributed by atoms with van der Waals surface area (Å²) in [7, 11) is 1.96. The van der Waals surface area contributed by atoms with E-state index in [1.54, 1.807) is 12.1 Å². The van der Waals surface area contributed by atoms with Gasteiger partial charge in [0.05, 0.1) is 16.4 Å². The smallest absolute Gasteiger partial charge is 0.188 e. The fourth-order valence-corrected chi connectivity index (χ4v) is 2.55. The van der Waals surface area contributed by atoms with Crippen LogP contribution in [0.3, 0.4) is 0 Å². The summed E-state index contributed by atoms with van der Waals surface area (Å²) in [6, 6.07) is 7.15. The number of aryl methyl sites for hydroxylation is 2. The molecule has 0 aliphatic heterocycles. The Morgan fingerprint density at radius 2 is 2.12 bits per heavy atom. The maximum absolute atomic E-state index is 12.0. The van der Waals surface area contributed by atoms with Gasteiger partial charge in [-0.05, 0) is 25.1 Å². The zero-order valence-corrected chi connectivity index (χ0v) is 9.74. The fourth-order valence-electron chi connectivity index (χ4n) is 2.55. The van der Waals surface area contributed by atoms with Crippen LogP contribution in [0, 0.1) is 6.92 Å². The van der Waals surface area contributed by atoms with E-state index in [0.29, 0.717) is 5.82 Å². The van der Waals surface area contributed by atoms with Gasteiger partial charge in [0.15, 0.2) is 5.43 Å². The van der Waals surface area contributed by atoms with Crippen LogP contribution in [0.15, 0.2) is 29.1 Å². The highest BCUT2D eigenvalue weighted by Gasteiger charge is 2.12. The quantitative estimate of drug-likeness (QED) is 0.616. The van der Waals surface area contributed by atoms with Gasteiger partial charge in [0.1, 0.15) is 5.82 Å². The number of benzene rings is 1. The van der Waals surface area contributed by atoms with Crippen LogP contribution in [0.4, 0.5) is 5.82 Å². The van der Waals surface area contributed by atoms with Crippen molar-refractivity contribution in [1.82, 2.24) is 9.55 Å². The lowest BCUT2D eigenvalue weighted by Gasteiger charge is -2.03. The molecule has 86 valence electrons. The molecular weight excluding hydrogens is 214 g/mol. The second-order valence-electron chi connectivity index (χ2n) is 4.32. The molecule has 2 aromatic heterocycles. The van der Waals surface area contributed by atoms with Crippen molar-refractivity contribution in [2.24, 2.45) is 7.05 Å². The second kappa shape index (κ2) is 3.13. The summed E-state index contributed by atoms with van der Waals surface area (Å²) in [6.45, 7) is 1.96. The van der Waals surface area contributed by atoms with E-state index < -0.39 is 0 Å². The van der Waals surface area contributed by atoms with Crippen molar-refractivity contribution in [3.63, 3.8) is 0 Å². The highest BCUT2D eigenvalue weighted by Crippen LogP contribution is 2.28. The lowest BCUT2D eigenvalue weighted by atomic mass is 10.1. The number of aromatic amines is 1. The number of nitrogens with zero attached hydrogens (tertiary/aromatic N) is 1. The molecule has 0 saturated carbocycles. The van der Waals surface area contributed by atoms with E-state index in [2.05, 4.69) is 4.98 Å². The molecular formula is C13H13N3O. The molecule has 0 spiro atoms. The Kier molecular flexibility index (Phi) is 1.84. The van der Waals surface area contributed by atoms with E-state index in [1.165, 1.54) is 0 Å². The van der Waals surface area contributed by atoms with Gasteiger partial charge in [0.2, 0.25) is 0 Å². The summed E-state index contributed by atoms with van der Waals surface area (Å²) in [5.74, 6) is 0.575. The first-order valence-corrected chi connectivity index (χ1v) is 5.46. The highest BCUT2D eigenvalue weighted by molar-refractivity contribution is 6.09. The minimum Gasteiger partial charge on any atom is -0.385 e. The number of nitrogens with two attached hydrogens (primary N) is 1. The molecule has 3 aromatic rings. The normalized spacial score (nSPS) is 11.4. The molecule has 17 heavy (non-hydrogen) atoms. The first-order valence-electron chi connectivity index (χ1n) is 5.46. The number of nitrogen functional groups attached to an aromatic ring is 1. The van der Waals surface area contributed by atoms with Crippen LogP contribution < -0.4 is 11.2 Å². The van der Waals surface area contributed by atoms with Crippen molar-refractivity contribution in [2.75, 3.05) is 5.73 Å². The third-order valence-electron chi connectivity index (χ3n) is 3.21. The average Bonchev–Trinajstić information content (AvgIpc) is 2.54. The van der Waals surface area contributed by atoms with Gasteiger partial charge < -0.3 is 15.3 Å². The monoisotopic (exact) mass is 227 g/mol. The molecule has 0 amide bonds. The van der Waals surface area contributed by atoms with Crippen LogP contribution in [-0.2, 0) is 7.05 Å². The van der Waals surface area contributed by atoms with Crippen LogP contribution >= 0.6 is 0 Å². The van der Waals surface area contributed by atoms with Crippen LogP contribution in [0.25, 0.3) is 21.8 Å². The van der Waals surface area contributed by atoms with E-state index in [-0.39, 0.29) is 5.43 Å². The van der Waals surface area contributed by atoms with Crippen molar-refractivity contribution in [3.05, 3.63) is 40.2 Å². The molecule has 3 rings (SSSR count). The lowest BCUT2D eigenvalue weighted by molar-refractivity contribution is 0.998. The predicted octanol–water partition coefficient (Wildman–Crippen LogP) is 1.91. The molecule has 0 aliphatic carbocycles. The van der Waals surface area contributed by atoms with Crippen LogP contribution in [-0.4, -0.2) is 9.55 Å². The van der Waals surface area contributed by atoms with E-state index >= 15 is 0 Å². The number of pyridine rings is 1. The van der Waals surface area contributed by atoms with Crippen LogP contribution in [0.2, 0.25) is 0 Å². The van der Waals surface area contributed by atoms with E-state index in [1.807, 2.05) is 30.7 Å². The Balaban J connectivity index is 2.75. The molecule has 0 unspecified atom stereocenters. The Hall–Kier alpha value is -2.23. The Labute approximate surface area is 97.7 Å². The average molecular weight is 227 g/mol. The fraction of sp³-hybridized carbons (Fsp3) is 0.154. The van der Waals surface area contributed by atoms with Gasteiger partial charge in [-0.3, -0.25) is 4.79 Å². The summed E-state index contributed by atoms with van der Waals surface area (Å²) in [4.78, 5) is 15.1. The molecule has 0 fully saturated rings. The second-order valence-corrected chi connectivity index (χ2v) is 4.32. The molecule has 3 N–H and O–H groups in total. The summed E-state index contributed by atoms with van der Waals surface area (Å²) < 4.78 is 2.03. The molecule has 0 aliphatic rings. The Morgan fingerprint density at radius 1 is 1.35 bits per heavy atom. The van der Waals surface area contributed by atoms with Gasteiger partial charge in [0, 0.05) is 18.1 Å². The van der Waals surface area contributed by atoms with Gasteiger partial charge in [-0.2, -0.15) is 0 Å². The third-order valence-corrected chi connectivity index (χ3v) is 3.21. The molecule has 0 radical (unpaired) electrons. The molecule has 4 nitrogen and oxygen atoms in total. The van der Waals surface area contributed by atoms with E-state index in [9.17, 15) is 4.79 Å². The first-order chi connectivity index (χ1) is 8.09. The zero-order chi connectivity index (χ0) is 12.2. The Bertz CT molecular complexity index is 796. The van der Waals surface area contributed by atoms with Crippen molar-refractivity contribution >= 4 is 27.6 Å². The minimum atomic E-state index is 0.0399. The van der Waals surface area contributed by atoms with E-state index in [4.69, 9.17) is 5.73 Å². The van der Waals surface area contributed by atoms with E-state index in [0.717, 1.165) is 27.5 Å². The van der Waals surface area contributed by atoms with Crippen LogP contribution in [0.5, 0.6) is 0 Å². The van der Waals surface area contributed by atoms with Gasteiger partial charge in [-0.1, -0.05) is 6.07 Å². The molecule has 2 heterocycles. The van der Waals surface area contributed by atoms with Crippen LogP contribution in [0.1, 0.15) is 5.69 Å². The summed E-state index contributed by atoms with van der Waals surface area (Å²) in [6.07, 6.45) is 0. The molecule has 0 bridgehead atoms. The summed E-state index contributed by atoms with van der Waals surface area (Å²) in [5, 5.41) is 1.66. The van der Waals surface area contributed by atoms with Crippen molar-refractivity contribution in [2.45, 2.75) is 6.92 Å². The predicted molar refractivity (Wildman–Crippen MR) is 70.2 cm³/mol. The number of hydrogen-bond acceptors (Lipinski definition) is 2. The van der Waals surface area contributed by atoms with Crippen molar-refractivity contribution < 1.29 is 0 Å². The number of hydrogen-bond donors (Lipinski definition) is 2. The van der Waals surface area contributed by atoms with Gasteiger partial charge in [-0.15, -0.1) is 0 Å². The molecule has 0 saturated heterocycles. The number of rotatable bonds is 0. The summed E-state index contributed by atoms with van der Waals surface area (Å²) in [5.41, 5.74) is 8.78. The van der Waals surface area contributed by atoms with Gasteiger partial charge in [0.25, 0.3) is 0 Å². The number of aromatic nitrogens is 2. The highest BCUT2D eigenvalue weighted by atomic mass is 16.1. The standard InChI is InChI=1S/C13H13N3O/c1-7-13-8(6-11(14)15-7)12-9(16(13)2)4-3-5-10(12)17/h3-6,15H,14H2,1-2H3. The minimum absolute atomic E-state index is 0.0399. The molecule has 4 heteroatoms. The maximum atomic E-state index is 12.0. The zero-order valence-electron chi connectivity index (χ0n) is 9.74. The number of fused-ring (bicyclic) bond motifs is 3. The Morgan fingerprint density at radius 3 is 2.88 bits per heavy atom.